The van der Waals surface area contributed by atoms with Gasteiger partial charge in [-0.25, -0.2) is 0 Å². The van der Waals surface area contributed by atoms with E-state index in [2.05, 4.69) is 52.4 Å². The molecule has 2 unspecified atom stereocenters. The van der Waals surface area contributed by atoms with E-state index in [0.717, 1.165) is 27.7 Å². The molecule has 146 valence electrons. The molecular formula is C23H22BrCl2NO. The minimum atomic E-state index is -0.616. The van der Waals surface area contributed by atoms with Gasteiger partial charge in [0.15, 0.2) is 0 Å². The zero-order valence-electron chi connectivity index (χ0n) is 15.5. The Bertz CT molecular complexity index is 913. The van der Waals surface area contributed by atoms with Crippen molar-refractivity contribution in [1.82, 2.24) is 0 Å². The largest absolute Gasteiger partial charge is 0.388 e. The summed E-state index contributed by atoms with van der Waals surface area (Å²) in [5, 5.41) is 15.4. The third-order valence-corrected chi connectivity index (χ3v) is 6.03. The minimum absolute atomic E-state index is 0.124. The molecule has 28 heavy (non-hydrogen) atoms. The number of aliphatic hydroxyl groups is 1. The van der Waals surface area contributed by atoms with Gasteiger partial charge in [0.25, 0.3) is 0 Å². The summed E-state index contributed by atoms with van der Waals surface area (Å²) in [6, 6.07) is 21.5. The molecule has 3 aromatic carbocycles. The fourth-order valence-corrected chi connectivity index (χ4v) is 3.66. The lowest BCUT2D eigenvalue weighted by molar-refractivity contribution is 0.160. The van der Waals surface area contributed by atoms with Crippen LogP contribution in [0, 0.1) is 0 Å². The van der Waals surface area contributed by atoms with Crippen molar-refractivity contribution in [3.05, 3.63) is 97.9 Å². The molecule has 0 saturated carbocycles. The zero-order valence-corrected chi connectivity index (χ0v) is 18.6. The lowest BCUT2D eigenvalue weighted by Gasteiger charge is -2.24. The first kappa shape index (κ1) is 21.2. The topological polar surface area (TPSA) is 32.3 Å². The predicted octanol–water partition coefficient (Wildman–Crippen LogP) is 7.60. The molecule has 0 amide bonds. The molecule has 2 N–H and O–H groups in total. The summed E-state index contributed by atoms with van der Waals surface area (Å²) >= 11 is 15.8. The fraction of sp³-hybridized carbons (Fsp3) is 0.217. The molecule has 0 aliphatic rings. The molecule has 3 aromatic rings. The Kier molecular flexibility index (Phi) is 7.42. The van der Waals surface area contributed by atoms with Crippen LogP contribution in [0.3, 0.4) is 0 Å². The summed E-state index contributed by atoms with van der Waals surface area (Å²) in [4.78, 5) is 0. The monoisotopic (exact) mass is 477 g/mol. The van der Waals surface area contributed by atoms with Gasteiger partial charge in [-0.15, -0.1) is 0 Å². The number of hydrogen-bond donors (Lipinski definition) is 2. The zero-order chi connectivity index (χ0) is 20.1. The number of rotatable bonds is 7. The molecule has 2 atom stereocenters. The maximum atomic E-state index is 10.8. The van der Waals surface area contributed by atoms with Gasteiger partial charge in [0.05, 0.1) is 22.2 Å². The van der Waals surface area contributed by atoms with Crippen molar-refractivity contribution in [2.75, 3.05) is 5.32 Å². The Balaban J connectivity index is 1.86. The Labute approximate surface area is 184 Å². The Morgan fingerprint density at radius 3 is 2.14 bits per heavy atom. The number of hydrogen-bond acceptors (Lipinski definition) is 2. The standard InChI is InChI=1S/C23H22BrCl2NO/c1-2-15-3-10-19(11-4-15)27-22(17-7-12-20(25)21(26)13-17)14-23(28)16-5-8-18(24)9-6-16/h3-13,22-23,27-28H,2,14H2,1H3. The normalized spacial score (nSPS) is 13.2. The summed E-state index contributed by atoms with van der Waals surface area (Å²) < 4.78 is 0.985. The molecule has 0 spiro atoms. The Morgan fingerprint density at radius 1 is 0.893 bits per heavy atom. The summed E-state index contributed by atoms with van der Waals surface area (Å²) in [5.41, 5.74) is 4.13. The van der Waals surface area contributed by atoms with Crippen molar-refractivity contribution in [2.24, 2.45) is 0 Å². The van der Waals surface area contributed by atoms with Crippen molar-refractivity contribution < 1.29 is 5.11 Å². The van der Waals surface area contributed by atoms with Crippen molar-refractivity contribution in [3.63, 3.8) is 0 Å². The van der Waals surface area contributed by atoms with Gasteiger partial charge < -0.3 is 10.4 Å². The van der Waals surface area contributed by atoms with Crippen LogP contribution in [0.2, 0.25) is 10.0 Å². The fourth-order valence-electron chi connectivity index (χ4n) is 3.09. The number of anilines is 1. The first-order chi connectivity index (χ1) is 13.5. The third-order valence-electron chi connectivity index (χ3n) is 4.76. The van der Waals surface area contributed by atoms with Gasteiger partial charge >= 0.3 is 0 Å². The quantitative estimate of drug-likeness (QED) is 0.366. The number of halogens is 3. The van der Waals surface area contributed by atoms with Crippen LogP contribution in [0.15, 0.2) is 71.2 Å². The Morgan fingerprint density at radius 2 is 1.54 bits per heavy atom. The molecule has 0 fully saturated rings. The van der Waals surface area contributed by atoms with Crippen LogP contribution in [0.5, 0.6) is 0 Å². The summed E-state index contributed by atoms with van der Waals surface area (Å²) in [6.07, 6.45) is 0.878. The van der Waals surface area contributed by atoms with Gasteiger partial charge in [-0.1, -0.05) is 76.4 Å². The van der Waals surface area contributed by atoms with Crippen molar-refractivity contribution >= 4 is 44.8 Å². The first-order valence-corrected chi connectivity index (χ1v) is 10.7. The first-order valence-electron chi connectivity index (χ1n) is 9.20. The Hall–Kier alpha value is -1.52. The van der Waals surface area contributed by atoms with E-state index in [4.69, 9.17) is 23.2 Å². The second kappa shape index (κ2) is 9.80. The van der Waals surface area contributed by atoms with E-state index in [9.17, 15) is 5.11 Å². The summed E-state index contributed by atoms with van der Waals surface area (Å²) in [6.45, 7) is 2.13. The molecule has 0 bridgehead atoms. The van der Waals surface area contributed by atoms with Crippen LogP contribution in [0.4, 0.5) is 5.69 Å². The highest BCUT2D eigenvalue weighted by Gasteiger charge is 2.19. The average Bonchev–Trinajstić information content (AvgIpc) is 2.70. The smallest absolute Gasteiger partial charge is 0.0813 e. The molecule has 0 aliphatic carbocycles. The molecule has 0 aromatic heterocycles. The van der Waals surface area contributed by atoms with E-state index in [-0.39, 0.29) is 6.04 Å². The molecule has 0 radical (unpaired) electrons. The molecule has 0 aliphatic heterocycles. The number of aliphatic hydroxyl groups excluding tert-OH is 1. The van der Waals surface area contributed by atoms with Gasteiger partial charge in [0, 0.05) is 16.6 Å². The summed E-state index contributed by atoms with van der Waals surface area (Å²) in [5.74, 6) is 0. The van der Waals surface area contributed by atoms with Crippen molar-refractivity contribution in [3.8, 4) is 0 Å². The number of nitrogens with one attached hydrogen (secondary N) is 1. The summed E-state index contributed by atoms with van der Waals surface area (Å²) in [7, 11) is 0. The van der Waals surface area contributed by atoms with E-state index in [0.29, 0.717) is 16.5 Å². The van der Waals surface area contributed by atoms with Gasteiger partial charge in [0.2, 0.25) is 0 Å². The lowest BCUT2D eigenvalue weighted by Crippen LogP contribution is -2.15. The van der Waals surface area contributed by atoms with Crippen LogP contribution >= 0.6 is 39.1 Å². The van der Waals surface area contributed by atoms with Gasteiger partial charge in [-0.05, 0) is 59.5 Å². The molecular weight excluding hydrogens is 457 g/mol. The van der Waals surface area contributed by atoms with E-state index < -0.39 is 6.10 Å². The maximum Gasteiger partial charge on any atom is 0.0813 e. The van der Waals surface area contributed by atoms with Crippen LogP contribution in [-0.4, -0.2) is 5.11 Å². The maximum absolute atomic E-state index is 10.8. The predicted molar refractivity (Wildman–Crippen MR) is 122 cm³/mol. The van der Waals surface area contributed by atoms with E-state index >= 15 is 0 Å². The van der Waals surface area contributed by atoms with Crippen molar-refractivity contribution in [1.29, 1.82) is 0 Å². The molecule has 5 heteroatoms. The highest BCUT2D eigenvalue weighted by molar-refractivity contribution is 9.10. The van der Waals surface area contributed by atoms with Crippen LogP contribution in [0.1, 0.15) is 42.2 Å². The number of benzene rings is 3. The highest BCUT2D eigenvalue weighted by Crippen LogP contribution is 2.33. The van der Waals surface area contributed by atoms with E-state index in [1.807, 2.05) is 36.4 Å². The third kappa shape index (κ3) is 5.51. The van der Waals surface area contributed by atoms with Gasteiger partial charge in [-0.3, -0.25) is 0 Å². The minimum Gasteiger partial charge on any atom is -0.388 e. The van der Waals surface area contributed by atoms with Crippen molar-refractivity contribution in [2.45, 2.75) is 31.9 Å². The van der Waals surface area contributed by atoms with Crippen LogP contribution in [-0.2, 0) is 6.42 Å². The van der Waals surface area contributed by atoms with Gasteiger partial charge in [0.1, 0.15) is 0 Å². The number of aryl methyl sites for hydroxylation is 1. The highest BCUT2D eigenvalue weighted by atomic mass is 79.9. The average molecular weight is 479 g/mol. The van der Waals surface area contributed by atoms with E-state index in [1.54, 1.807) is 6.07 Å². The molecule has 3 rings (SSSR count). The van der Waals surface area contributed by atoms with E-state index in [1.165, 1.54) is 5.56 Å². The molecule has 2 nitrogen and oxygen atoms in total. The SMILES string of the molecule is CCc1ccc(NC(CC(O)c2ccc(Br)cc2)c2ccc(Cl)c(Cl)c2)cc1. The lowest BCUT2D eigenvalue weighted by atomic mass is 9.96. The van der Waals surface area contributed by atoms with Gasteiger partial charge in [-0.2, -0.15) is 0 Å². The van der Waals surface area contributed by atoms with Crippen LogP contribution in [0.25, 0.3) is 0 Å². The second-order valence-corrected chi connectivity index (χ2v) is 8.45. The second-order valence-electron chi connectivity index (χ2n) is 6.72. The molecule has 0 saturated heterocycles. The molecule has 0 heterocycles. The van der Waals surface area contributed by atoms with Crippen LogP contribution < -0.4 is 5.32 Å².